The Morgan fingerprint density at radius 3 is 2.70 bits per heavy atom. The van der Waals surface area contributed by atoms with Gasteiger partial charge in [0.05, 0.1) is 5.69 Å². The van der Waals surface area contributed by atoms with Crippen molar-refractivity contribution in [3.8, 4) is 0 Å². The van der Waals surface area contributed by atoms with Crippen molar-refractivity contribution in [2.45, 2.75) is 32.9 Å². The molecule has 0 radical (unpaired) electrons. The van der Waals surface area contributed by atoms with E-state index in [1.165, 1.54) is 22.9 Å². The number of nitrogens with zero attached hydrogens (tertiary/aromatic N) is 1. The lowest BCUT2D eigenvalue weighted by molar-refractivity contribution is -0.136. The molecule has 122 valence electrons. The Kier molecular flexibility index (Phi) is 5.70. The number of hydrogen-bond donors (Lipinski definition) is 2. The maximum atomic E-state index is 11.9. The highest BCUT2D eigenvalue weighted by Crippen LogP contribution is 2.08. The molecule has 0 aliphatic carbocycles. The molecule has 0 bridgehead atoms. The highest BCUT2D eigenvalue weighted by molar-refractivity contribution is 7.07. The summed E-state index contributed by atoms with van der Waals surface area (Å²) in [4.78, 5) is 35.3. The highest BCUT2D eigenvalue weighted by atomic mass is 32.1. The van der Waals surface area contributed by atoms with Crippen LogP contribution in [0, 0.1) is 0 Å². The average molecular weight is 333 g/mol. The van der Waals surface area contributed by atoms with Crippen molar-refractivity contribution in [1.82, 2.24) is 9.88 Å². The summed E-state index contributed by atoms with van der Waals surface area (Å²) in [6, 6.07) is 4.68. The molecule has 2 amide bonds. The summed E-state index contributed by atoms with van der Waals surface area (Å²) in [6.45, 7) is 4.17. The van der Waals surface area contributed by atoms with Crippen LogP contribution in [0.15, 0.2) is 40.0 Å². The first-order valence-electron chi connectivity index (χ1n) is 7.33. The van der Waals surface area contributed by atoms with E-state index in [1.807, 2.05) is 30.7 Å². The second-order valence-corrected chi connectivity index (χ2v) is 5.99. The van der Waals surface area contributed by atoms with Gasteiger partial charge in [0.2, 0.25) is 0 Å². The number of carbonyl (C=O) groups excluding carboxylic acids is 2. The Morgan fingerprint density at radius 1 is 1.26 bits per heavy atom. The van der Waals surface area contributed by atoms with Crippen LogP contribution in [0.1, 0.15) is 19.4 Å². The van der Waals surface area contributed by atoms with Gasteiger partial charge in [-0.15, -0.1) is 0 Å². The number of pyridine rings is 1. The van der Waals surface area contributed by atoms with Crippen molar-refractivity contribution in [3.63, 3.8) is 0 Å². The molecule has 0 aliphatic heterocycles. The molecule has 0 fully saturated rings. The number of anilines is 1. The Bertz CT molecular complexity index is 737. The summed E-state index contributed by atoms with van der Waals surface area (Å²) in [5.41, 5.74) is 1.38. The van der Waals surface area contributed by atoms with Gasteiger partial charge in [-0.1, -0.05) is 0 Å². The van der Waals surface area contributed by atoms with Gasteiger partial charge in [-0.3, -0.25) is 14.4 Å². The van der Waals surface area contributed by atoms with Gasteiger partial charge in [0, 0.05) is 24.8 Å². The van der Waals surface area contributed by atoms with E-state index >= 15 is 0 Å². The maximum absolute atomic E-state index is 11.9. The molecule has 6 nitrogen and oxygen atoms in total. The van der Waals surface area contributed by atoms with Gasteiger partial charge in [-0.05, 0) is 48.7 Å². The van der Waals surface area contributed by atoms with Gasteiger partial charge in [0.15, 0.2) is 0 Å². The second kappa shape index (κ2) is 7.73. The van der Waals surface area contributed by atoms with Crippen molar-refractivity contribution in [3.05, 3.63) is 51.1 Å². The lowest BCUT2D eigenvalue weighted by atomic mass is 10.1. The van der Waals surface area contributed by atoms with Crippen LogP contribution in [0.5, 0.6) is 0 Å². The molecule has 0 saturated heterocycles. The predicted molar refractivity (Wildman–Crippen MR) is 90.6 cm³/mol. The molecule has 0 aromatic carbocycles. The highest BCUT2D eigenvalue weighted by Gasteiger charge is 2.17. The van der Waals surface area contributed by atoms with Crippen LogP contribution in [0.3, 0.4) is 0 Å². The molecule has 2 heterocycles. The number of thiophene rings is 1. The van der Waals surface area contributed by atoms with Crippen LogP contribution in [0.2, 0.25) is 0 Å². The minimum Gasteiger partial charge on any atom is -0.345 e. The summed E-state index contributed by atoms with van der Waals surface area (Å²) >= 11 is 1.59. The fraction of sp³-hybridized carbons (Fsp3) is 0.312. The third-order valence-corrected chi connectivity index (χ3v) is 4.02. The standard InChI is InChI=1S/C16H19N3O3S/c1-3-19-9-13(4-5-14(19)20)18-16(22)15(21)17-11(2)8-12-6-7-23-10-12/h4-7,9-11H,3,8H2,1-2H3,(H,17,21)(H,18,22). The normalized spacial score (nSPS) is 11.7. The number of aromatic nitrogens is 1. The molecule has 2 aromatic heterocycles. The van der Waals surface area contributed by atoms with Gasteiger partial charge in [0.25, 0.3) is 5.56 Å². The van der Waals surface area contributed by atoms with E-state index in [0.29, 0.717) is 18.7 Å². The Morgan fingerprint density at radius 2 is 2.04 bits per heavy atom. The molecule has 0 spiro atoms. The molecule has 1 unspecified atom stereocenters. The number of rotatable bonds is 5. The van der Waals surface area contributed by atoms with Gasteiger partial charge in [0.1, 0.15) is 0 Å². The molecule has 7 heteroatoms. The Labute approximate surface area is 138 Å². The quantitative estimate of drug-likeness (QED) is 0.816. The summed E-state index contributed by atoms with van der Waals surface area (Å²) in [7, 11) is 0. The molecule has 2 aromatic rings. The van der Waals surface area contributed by atoms with Crippen LogP contribution < -0.4 is 16.2 Å². The average Bonchev–Trinajstić information content (AvgIpc) is 3.01. The molecule has 0 saturated carbocycles. The van der Waals surface area contributed by atoms with E-state index in [-0.39, 0.29) is 11.6 Å². The predicted octanol–water partition coefficient (Wildman–Crippen LogP) is 1.62. The van der Waals surface area contributed by atoms with Crippen LogP contribution in [-0.4, -0.2) is 22.4 Å². The minimum absolute atomic E-state index is 0.146. The van der Waals surface area contributed by atoms with Crippen LogP contribution in [0.25, 0.3) is 0 Å². The number of amides is 2. The van der Waals surface area contributed by atoms with Gasteiger partial charge in [-0.2, -0.15) is 11.3 Å². The van der Waals surface area contributed by atoms with E-state index < -0.39 is 11.8 Å². The first-order chi connectivity index (χ1) is 11.0. The zero-order valence-electron chi connectivity index (χ0n) is 13.0. The van der Waals surface area contributed by atoms with Crippen molar-refractivity contribution >= 4 is 28.8 Å². The summed E-state index contributed by atoms with van der Waals surface area (Å²) in [5, 5.41) is 9.14. The SMILES string of the molecule is CCn1cc(NC(=O)C(=O)NC(C)Cc2ccsc2)ccc1=O. The van der Waals surface area contributed by atoms with Gasteiger partial charge in [-0.25, -0.2) is 0 Å². The summed E-state index contributed by atoms with van der Waals surface area (Å²) < 4.78 is 1.45. The largest absolute Gasteiger partial charge is 0.345 e. The van der Waals surface area contributed by atoms with E-state index in [2.05, 4.69) is 10.6 Å². The maximum Gasteiger partial charge on any atom is 0.313 e. The summed E-state index contributed by atoms with van der Waals surface area (Å²) in [6.07, 6.45) is 2.19. The van der Waals surface area contributed by atoms with Crippen molar-refractivity contribution in [1.29, 1.82) is 0 Å². The zero-order chi connectivity index (χ0) is 16.8. The van der Waals surface area contributed by atoms with E-state index in [4.69, 9.17) is 0 Å². The fourth-order valence-electron chi connectivity index (χ4n) is 2.14. The van der Waals surface area contributed by atoms with Gasteiger partial charge < -0.3 is 15.2 Å². The monoisotopic (exact) mass is 333 g/mol. The lowest BCUT2D eigenvalue weighted by Gasteiger charge is -2.13. The van der Waals surface area contributed by atoms with E-state index in [9.17, 15) is 14.4 Å². The third kappa shape index (κ3) is 4.79. The van der Waals surface area contributed by atoms with E-state index in [1.54, 1.807) is 11.3 Å². The fourth-order valence-corrected chi connectivity index (χ4v) is 2.82. The molecular formula is C16H19N3O3S. The van der Waals surface area contributed by atoms with Crippen molar-refractivity contribution in [2.75, 3.05) is 5.32 Å². The molecule has 2 rings (SSSR count). The van der Waals surface area contributed by atoms with Crippen molar-refractivity contribution < 1.29 is 9.59 Å². The Balaban J connectivity index is 1.92. The summed E-state index contributed by atoms with van der Waals surface area (Å²) in [5.74, 6) is -1.44. The van der Waals surface area contributed by atoms with Gasteiger partial charge >= 0.3 is 11.8 Å². The third-order valence-electron chi connectivity index (χ3n) is 3.29. The number of aryl methyl sites for hydroxylation is 1. The van der Waals surface area contributed by atoms with Crippen LogP contribution in [0.4, 0.5) is 5.69 Å². The van der Waals surface area contributed by atoms with Crippen LogP contribution in [-0.2, 0) is 22.6 Å². The van der Waals surface area contributed by atoms with Crippen molar-refractivity contribution in [2.24, 2.45) is 0 Å². The molecule has 0 aliphatic rings. The van der Waals surface area contributed by atoms with Crippen LogP contribution >= 0.6 is 11.3 Å². The Hall–Kier alpha value is -2.41. The lowest BCUT2D eigenvalue weighted by Crippen LogP contribution is -2.41. The zero-order valence-corrected chi connectivity index (χ0v) is 13.9. The molecule has 23 heavy (non-hydrogen) atoms. The number of hydrogen-bond acceptors (Lipinski definition) is 4. The molecule has 1 atom stereocenters. The smallest absolute Gasteiger partial charge is 0.313 e. The number of nitrogens with one attached hydrogen (secondary N) is 2. The second-order valence-electron chi connectivity index (χ2n) is 5.21. The topological polar surface area (TPSA) is 80.2 Å². The van der Waals surface area contributed by atoms with E-state index in [0.717, 1.165) is 5.56 Å². The molecular weight excluding hydrogens is 314 g/mol. The molecule has 2 N–H and O–H groups in total. The first-order valence-corrected chi connectivity index (χ1v) is 8.27. The number of carbonyl (C=O) groups is 2. The first kappa shape index (κ1) is 17.0. The minimum atomic E-state index is -0.747.